The molecule has 0 saturated carbocycles. The van der Waals surface area contributed by atoms with Crippen LogP contribution in [0.25, 0.3) is 0 Å². The Balaban J connectivity index is 4.40. The minimum Gasteiger partial charge on any atom is -0.213 e. The van der Waals surface area contributed by atoms with Gasteiger partial charge in [-0.2, -0.15) is 0 Å². The lowest BCUT2D eigenvalue weighted by molar-refractivity contribution is 0.525. The van der Waals surface area contributed by atoms with Crippen molar-refractivity contribution < 1.29 is 8.42 Å². The summed E-state index contributed by atoms with van der Waals surface area (Å²) in [5, 5.41) is 0.340. The van der Waals surface area contributed by atoms with Crippen molar-refractivity contribution in [2.75, 3.05) is 19.5 Å². The second kappa shape index (κ2) is 3.24. The molecule has 0 aromatic heterocycles. The van der Waals surface area contributed by atoms with Gasteiger partial charge in [-0.1, -0.05) is 19.6 Å². The van der Waals surface area contributed by atoms with Crippen LogP contribution in [0.2, 0.25) is 19.6 Å². The molecule has 0 fully saturated rings. The molecule has 0 rings (SSSR count). The van der Waals surface area contributed by atoms with E-state index in [-0.39, 0.29) is 0 Å². The Labute approximate surface area is 70.5 Å². The Bertz CT molecular complexity index is 215. The van der Waals surface area contributed by atoms with Crippen LogP contribution in [-0.4, -0.2) is 40.3 Å². The molecule has 0 aromatic rings. The molecular weight excluding hydrogens is 178 g/mol. The third kappa shape index (κ3) is 4.55. The van der Waals surface area contributed by atoms with Crippen molar-refractivity contribution in [1.29, 1.82) is 0 Å². The molecule has 0 aromatic carbocycles. The van der Waals surface area contributed by atoms with E-state index in [1.54, 1.807) is 14.1 Å². The van der Waals surface area contributed by atoms with E-state index in [2.05, 4.69) is 0 Å². The summed E-state index contributed by atoms with van der Waals surface area (Å²) in [5.74, 6) is 0. The van der Waals surface area contributed by atoms with Gasteiger partial charge in [-0.15, -0.1) is 0 Å². The van der Waals surface area contributed by atoms with Gasteiger partial charge in [0.1, 0.15) is 0 Å². The van der Waals surface area contributed by atoms with Gasteiger partial charge in [-0.3, -0.25) is 0 Å². The third-order valence-electron chi connectivity index (χ3n) is 1.17. The summed E-state index contributed by atoms with van der Waals surface area (Å²) in [7, 11) is -1.29. The lowest BCUT2D eigenvalue weighted by Crippen LogP contribution is -2.38. The van der Waals surface area contributed by atoms with Gasteiger partial charge in [0.25, 0.3) is 0 Å². The monoisotopic (exact) mass is 195 g/mol. The minimum absolute atomic E-state index is 0.340. The lowest BCUT2D eigenvalue weighted by Gasteiger charge is -2.19. The molecule has 0 aliphatic carbocycles. The maximum Gasteiger partial charge on any atom is 0.211 e. The van der Waals surface area contributed by atoms with E-state index >= 15 is 0 Å². The smallest absolute Gasteiger partial charge is 0.211 e. The van der Waals surface area contributed by atoms with E-state index in [4.69, 9.17) is 0 Å². The van der Waals surface area contributed by atoms with Crippen LogP contribution in [0.4, 0.5) is 0 Å². The molecule has 11 heavy (non-hydrogen) atoms. The fraction of sp³-hybridized carbons (Fsp3) is 1.00. The molecule has 0 heterocycles. The fourth-order valence-electron chi connectivity index (χ4n) is 0.676. The molecule has 0 N–H and O–H groups in total. The van der Waals surface area contributed by atoms with Crippen LogP contribution < -0.4 is 0 Å². The maximum atomic E-state index is 11.3. The van der Waals surface area contributed by atoms with E-state index in [1.165, 1.54) is 4.31 Å². The van der Waals surface area contributed by atoms with Gasteiger partial charge >= 0.3 is 0 Å². The van der Waals surface area contributed by atoms with Crippen LogP contribution in [0.15, 0.2) is 0 Å². The number of sulfonamides is 1. The van der Waals surface area contributed by atoms with Gasteiger partial charge in [0.15, 0.2) is 0 Å². The summed E-state index contributed by atoms with van der Waals surface area (Å²) >= 11 is 0. The van der Waals surface area contributed by atoms with Gasteiger partial charge in [-0.25, -0.2) is 12.7 Å². The topological polar surface area (TPSA) is 37.4 Å². The Kier molecular flexibility index (Phi) is 3.28. The fourth-order valence-corrected chi connectivity index (χ4v) is 6.09. The average Bonchev–Trinajstić information content (AvgIpc) is 1.56. The Morgan fingerprint density at radius 2 is 1.55 bits per heavy atom. The highest BCUT2D eigenvalue weighted by molar-refractivity contribution is 7.90. The molecule has 0 amide bonds. The summed E-state index contributed by atoms with van der Waals surface area (Å²) in [4.78, 5) is 0. The first-order chi connectivity index (χ1) is 4.65. The summed E-state index contributed by atoms with van der Waals surface area (Å²) in [6, 6.07) is 0. The molecule has 5 heteroatoms. The molecule has 0 radical (unpaired) electrons. The van der Waals surface area contributed by atoms with E-state index in [0.717, 1.165) is 0 Å². The first-order valence-corrected chi connectivity index (χ1v) is 8.87. The highest BCUT2D eigenvalue weighted by atomic mass is 32.2. The quantitative estimate of drug-likeness (QED) is 0.623. The first kappa shape index (κ1) is 11.1. The summed E-state index contributed by atoms with van der Waals surface area (Å²) in [5.41, 5.74) is 0. The second-order valence-corrected chi connectivity index (χ2v) is 12.3. The van der Waals surface area contributed by atoms with Crippen molar-refractivity contribution >= 4 is 18.1 Å². The van der Waals surface area contributed by atoms with Crippen LogP contribution in [0, 0.1) is 0 Å². The average molecular weight is 195 g/mol. The Morgan fingerprint density at radius 3 is 1.64 bits per heavy atom. The van der Waals surface area contributed by atoms with Crippen LogP contribution in [-0.2, 0) is 10.0 Å². The van der Waals surface area contributed by atoms with E-state index < -0.39 is 18.1 Å². The van der Waals surface area contributed by atoms with Crippen molar-refractivity contribution in [2.24, 2.45) is 0 Å². The molecule has 0 unspecified atom stereocenters. The SMILES string of the molecule is CN(C)S(=O)(=O)C[Si](C)(C)C. The Morgan fingerprint density at radius 1 is 1.18 bits per heavy atom. The van der Waals surface area contributed by atoms with Crippen molar-refractivity contribution in [2.45, 2.75) is 19.6 Å². The standard InChI is InChI=1S/C6H17NO2SSi/c1-7(2)10(8,9)6-11(3,4)5/h6H2,1-5H3. The zero-order valence-electron chi connectivity index (χ0n) is 7.88. The molecule has 3 nitrogen and oxygen atoms in total. The number of hydrogen-bond acceptors (Lipinski definition) is 2. The number of rotatable bonds is 3. The third-order valence-corrected chi connectivity index (χ3v) is 7.21. The lowest BCUT2D eigenvalue weighted by atomic mass is 11.3. The highest BCUT2D eigenvalue weighted by Crippen LogP contribution is 2.06. The zero-order valence-corrected chi connectivity index (χ0v) is 9.70. The largest absolute Gasteiger partial charge is 0.213 e. The number of nitrogens with zero attached hydrogens (tertiary/aromatic N) is 1. The highest BCUT2D eigenvalue weighted by Gasteiger charge is 2.24. The predicted octanol–water partition coefficient (Wildman–Crippen LogP) is 0.755. The van der Waals surface area contributed by atoms with Crippen LogP contribution >= 0.6 is 0 Å². The van der Waals surface area contributed by atoms with Gasteiger partial charge < -0.3 is 0 Å². The maximum absolute atomic E-state index is 11.3. The van der Waals surface area contributed by atoms with Gasteiger partial charge in [0.2, 0.25) is 10.0 Å². The molecule has 0 atom stereocenters. The van der Waals surface area contributed by atoms with Gasteiger partial charge in [0, 0.05) is 14.1 Å². The Hall–Kier alpha value is 0.127. The summed E-state index contributed by atoms with van der Waals surface area (Å²) in [6.07, 6.45) is 0. The van der Waals surface area contributed by atoms with Crippen molar-refractivity contribution in [1.82, 2.24) is 4.31 Å². The molecule has 68 valence electrons. The molecule has 0 aliphatic heterocycles. The van der Waals surface area contributed by atoms with Crippen molar-refractivity contribution in [3.63, 3.8) is 0 Å². The first-order valence-electron chi connectivity index (χ1n) is 3.55. The summed E-state index contributed by atoms with van der Waals surface area (Å²) < 4.78 is 23.9. The molecule has 0 bridgehead atoms. The minimum atomic E-state index is -2.96. The predicted molar refractivity (Wildman–Crippen MR) is 50.8 cm³/mol. The molecule has 0 spiro atoms. The van der Waals surface area contributed by atoms with Gasteiger partial charge in [0.05, 0.1) is 13.5 Å². The van der Waals surface area contributed by atoms with Crippen LogP contribution in [0.5, 0.6) is 0 Å². The van der Waals surface area contributed by atoms with E-state index in [0.29, 0.717) is 5.38 Å². The van der Waals surface area contributed by atoms with E-state index in [1.807, 2.05) is 19.6 Å². The zero-order chi connectivity index (χ0) is 9.28. The number of hydrogen-bond donors (Lipinski definition) is 0. The van der Waals surface area contributed by atoms with Gasteiger partial charge in [-0.05, 0) is 0 Å². The van der Waals surface area contributed by atoms with Crippen molar-refractivity contribution in [3.05, 3.63) is 0 Å². The van der Waals surface area contributed by atoms with Crippen molar-refractivity contribution in [3.8, 4) is 0 Å². The van der Waals surface area contributed by atoms with E-state index in [9.17, 15) is 8.42 Å². The van der Waals surface area contributed by atoms with Crippen LogP contribution in [0.3, 0.4) is 0 Å². The molecule has 0 saturated heterocycles. The molecule has 0 aliphatic rings. The second-order valence-electron chi connectivity index (χ2n) is 4.10. The summed E-state index contributed by atoms with van der Waals surface area (Å²) in [6.45, 7) is 6.15. The van der Waals surface area contributed by atoms with Crippen LogP contribution in [0.1, 0.15) is 0 Å². The molecular formula is C6H17NO2SSi. The normalized spacial score (nSPS) is 14.0.